The van der Waals surface area contributed by atoms with Gasteiger partial charge in [-0.15, -0.1) is 0 Å². The molecule has 3 rings (SSSR count). The van der Waals surface area contributed by atoms with E-state index in [1.54, 1.807) is 6.21 Å². The van der Waals surface area contributed by atoms with Gasteiger partial charge in [0.25, 0.3) is 0 Å². The zero-order valence-electron chi connectivity index (χ0n) is 13.0. The first-order valence-electron chi connectivity index (χ1n) is 7.24. The maximum Gasteiger partial charge on any atom is 0.308 e. The van der Waals surface area contributed by atoms with Crippen molar-refractivity contribution < 1.29 is 31.9 Å². The van der Waals surface area contributed by atoms with Crippen LogP contribution in [0.25, 0.3) is 11.3 Å². The fraction of sp³-hybridized carbons (Fsp3) is 0.0588. The van der Waals surface area contributed by atoms with Gasteiger partial charge in [0, 0.05) is 28.1 Å². The van der Waals surface area contributed by atoms with Gasteiger partial charge in [-0.25, -0.2) is 9.97 Å². The molecule has 3 N–H and O–H groups in total. The summed E-state index contributed by atoms with van der Waals surface area (Å²) in [6.07, 6.45) is 5.22. The topological polar surface area (TPSA) is 88.7 Å². The second kappa shape index (κ2) is 9.05. The van der Waals surface area contributed by atoms with Crippen molar-refractivity contribution in [1.82, 2.24) is 4.98 Å². The lowest BCUT2D eigenvalue weighted by Crippen LogP contribution is -3.00. The van der Waals surface area contributed by atoms with Crippen molar-refractivity contribution in [1.29, 1.82) is 0 Å². The maximum atomic E-state index is 11.1. The molecule has 128 valence electrons. The number of aliphatic carboxylic acids is 1. The fourth-order valence-electron chi connectivity index (χ4n) is 2.13. The molecule has 3 aromatic rings. The van der Waals surface area contributed by atoms with Crippen molar-refractivity contribution in [2.75, 3.05) is 5.43 Å². The lowest BCUT2D eigenvalue weighted by atomic mass is 10.1. The summed E-state index contributed by atoms with van der Waals surface area (Å²) >= 11 is 1.29. The number of aromatic amines is 1. The Labute approximate surface area is 159 Å². The number of carbonyl (C=O) groups is 1. The molecule has 6 nitrogen and oxygen atoms in total. The van der Waals surface area contributed by atoms with Crippen LogP contribution in [0, 0.1) is 0 Å². The van der Waals surface area contributed by atoms with E-state index >= 15 is 0 Å². The molecule has 0 aliphatic rings. The van der Waals surface area contributed by atoms with E-state index in [1.807, 2.05) is 54.9 Å². The van der Waals surface area contributed by atoms with Crippen LogP contribution in [0.5, 0.6) is 0 Å². The second-order valence-electron chi connectivity index (χ2n) is 4.93. The Bertz CT molecular complexity index is 854. The first-order valence-corrected chi connectivity index (χ1v) is 8.06. The Morgan fingerprint density at radius 3 is 2.64 bits per heavy atom. The molecule has 0 aliphatic heterocycles. The van der Waals surface area contributed by atoms with Gasteiger partial charge >= 0.3 is 5.97 Å². The molecule has 0 spiro atoms. The third kappa shape index (κ3) is 5.20. The Morgan fingerprint density at radius 2 is 1.96 bits per heavy atom. The van der Waals surface area contributed by atoms with E-state index in [1.165, 1.54) is 11.3 Å². The molecule has 0 atom stereocenters. The van der Waals surface area contributed by atoms with E-state index in [9.17, 15) is 4.79 Å². The summed E-state index contributed by atoms with van der Waals surface area (Å²) in [6.45, 7) is 0. The molecule has 0 bridgehead atoms. The standard InChI is InChI=1S/C17H14N4O2S.BrH/c22-15(23)10-14-16(13-4-2-1-3-5-13)20-17(24-14)21-19-11-12-6-8-18-9-7-12;/h1-9,11H,10H2,(H,20,21)(H,22,23);1H. The number of thiazole rings is 1. The molecule has 2 heterocycles. The minimum Gasteiger partial charge on any atom is -1.00 e. The van der Waals surface area contributed by atoms with Gasteiger partial charge in [0.2, 0.25) is 5.13 Å². The molecule has 0 unspecified atom stereocenters. The summed E-state index contributed by atoms with van der Waals surface area (Å²) in [5, 5.41) is 13.8. The number of rotatable bonds is 6. The fourth-order valence-corrected chi connectivity index (χ4v) is 3.05. The smallest absolute Gasteiger partial charge is 0.308 e. The molecule has 2 aromatic heterocycles. The SMILES string of the molecule is O=C(O)Cc1sc(NN=Cc2cc[nH+]cc2)nc1-c1ccccc1.[Br-]. The highest BCUT2D eigenvalue weighted by molar-refractivity contribution is 7.16. The quantitative estimate of drug-likeness (QED) is 0.424. The van der Waals surface area contributed by atoms with Crippen molar-refractivity contribution in [2.45, 2.75) is 6.42 Å². The number of hydrogen-bond acceptors (Lipinski definition) is 5. The minimum absolute atomic E-state index is 0. The average molecular weight is 419 g/mol. The average Bonchev–Trinajstić information content (AvgIpc) is 2.98. The summed E-state index contributed by atoms with van der Waals surface area (Å²) in [5.74, 6) is -0.883. The number of pyridine rings is 1. The lowest BCUT2D eigenvalue weighted by Gasteiger charge is -1.99. The number of nitrogens with one attached hydrogen (secondary N) is 2. The Kier molecular flexibility index (Phi) is 6.79. The molecular formula is C17H15BrN4O2S. The molecule has 25 heavy (non-hydrogen) atoms. The largest absolute Gasteiger partial charge is 1.00 e. The van der Waals surface area contributed by atoms with Crippen LogP contribution in [0.1, 0.15) is 10.4 Å². The predicted molar refractivity (Wildman–Crippen MR) is 93.1 cm³/mol. The highest BCUT2D eigenvalue weighted by Gasteiger charge is 2.15. The highest BCUT2D eigenvalue weighted by Crippen LogP contribution is 2.31. The Balaban J connectivity index is 0.00000225. The Hall–Kier alpha value is -2.58. The summed E-state index contributed by atoms with van der Waals surface area (Å²) in [6, 6.07) is 13.3. The lowest BCUT2D eigenvalue weighted by molar-refractivity contribution is -0.378. The Morgan fingerprint density at radius 1 is 1.24 bits per heavy atom. The monoisotopic (exact) mass is 418 g/mol. The molecule has 0 fully saturated rings. The van der Waals surface area contributed by atoms with Gasteiger partial charge in [-0.1, -0.05) is 41.7 Å². The van der Waals surface area contributed by atoms with Gasteiger partial charge in [-0.05, 0) is 0 Å². The number of nitrogens with zero attached hydrogens (tertiary/aromatic N) is 2. The van der Waals surface area contributed by atoms with E-state index in [0.717, 1.165) is 11.1 Å². The van der Waals surface area contributed by atoms with Gasteiger partial charge in [0.15, 0.2) is 12.4 Å². The first-order chi connectivity index (χ1) is 11.7. The molecule has 0 radical (unpaired) electrons. The molecule has 0 saturated heterocycles. The van der Waals surface area contributed by atoms with Crippen LogP contribution in [0.3, 0.4) is 0 Å². The summed E-state index contributed by atoms with van der Waals surface area (Å²) in [7, 11) is 0. The van der Waals surface area contributed by atoms with E-state index in [4.69, 9.17) is 5.11 Å². The number of carboxylic acids is 1. The normalized spacial score (nSPS) is 10.4. The van der Waals surface area contributed by atoms with Crippen LogP contribution < -0.4 is 27.4 Å². The van der Waals surface area contributed by atoms with Crippen LogP contribution in [-0.4, -0.2) is 22.3 Å². The predicted octanol–water partition coefficient (Wildman–Crippen LogP) is -0.299. The number of hydrazone groups is 1. The van der Waals surface area contributed by atoms with Crippen LogP contribution in [0.2, 0.25) is 0 Å². The number of hydrogen-bond donors (Lipinski definition) is 2. The van der Waals surface area contributed by atoms with Crippen LogP contribution in [-0.2, 0) is 11.2 Å². The van der Waals surface area contributed by atoms with Gasteiger partial charge in [-0.2, -0.15) is 5.10 Å². The molecule has 8 heteroatoms. The van der Waals surface area contributed by atoms with Gasteiger partial charge in [0.1, 0.15) is 0 Å². The van der Waals surface area contributed by atoms with Crippen LogP contribution in [0.15, 0.2) is 60.0 Å². The van der Waals surface area contributed by atoms with Gasteiger partial charge in [-0.3, -0.25) is 10.2 Å². The van der Waals surface area contributed by atoms with Crippen molar-refractivity contribution in [3.8, 4) is 11.3 Å². The van der Waals surface area contributed by atoms with Crippen LogP contribution in [0.4, 0.5) is 5.13 Å². The number of H-pyrrole nitrogens is 1. The number of aromatic nitrogens is 2. The third-order valence-electron chi connectivity index (χ3n) is 3.17. The van der Waals surface area contributed by atoms with E-state index < -0.39 is 5.97 Å². The highest BCUT2D eigenvalue weighted by atomic mass is 79.9. The summed E-state index contributed by atoms with van der Waals surface area (Å²) in [4.78, 5) is 19.2. The van der Waals surface area contributed by atoms with Crippen molar-refractivity contribution in [3.05, 3.63) is 65.3 Å². The first kappa shape index (κ1) is 18.8. The van der Waals surface area contributed by atoms with E-state index in [-0.39, 0.29) is 23.4 Å². The van der Waals surface area contributed by atoms with Crippen molar-refractivity contribution in [2.24, 2.45) is 5.10 Å². The van der Waals surface area contributed by atoms with Crippen LogP contribution >= 0.6 is 11.3 Å². The second-order valence-corrected chi connectivity index (χ2v) is 6.01. The van der Waals surface area contributed by atoms with Crippen molar-refractivity contribution >= 4 is 28.7 Å². The maximum absolute atomic E-state index is 11.1. The molecule has 1 aromatic carbocycles. The molecule has 0 saturated carbocycles. The summed E-state index contributed by atoms with van der Waals surface area (Å²) < 4.78 is 0. The number of anilines is 1. The molecular weight excluding hydrogens is 404 g/mol. The third-order valence-corrected chi connectivity index (χ3v) is 4.13. The van der Waals surface area contributed by atoms with E-state index in [2.05, 4.69) is 20.5 Å². The zero-order valence-corrected chi connectivity index (χ0v) is 15.4. The van der Waals surface area contributed by atoms with Gasteiger partial charge < -0.3 is 22.1 Å². The molecule has 0 amide bonds. The molecule has 0 aliphatic carbocycles. The number of benzene rings is 1. The van der Waals surface area contributed by atoms with E-state index in [0.29, 0.717) is 15.7 Å². The minimum atomic E-state index is -0.883. The van der Waals surface area contributed by atoms with Crippen molar-refractivity contribution in [3.63, 3.8) is 0 Å². The summed E-state index contributed by atoms with van der Waals surface area (Å²) in [5.41, 5.74) is 5.37. The number of carboxylic acid groups (broad SMARTS) is 1. The van der Waals surface area contributed by atoms with Gasteiger partial charge in [0.05, 0.1) is 18.3 Å². The zero-order chi connectivity index (χ0) is 16.8. The number of halogens is 1.